The number of H-pyrrole nitrogens is 1. The molecule has 1 aliphatic rings. The maximum absolute atomic E-state index is 14.5. The highest BCUT2D eigenvalue weighted by Crippen LogP contribution is 2.35. The number of likely N-dealkylation sites (tertiary alicyclic amines) is 1. The quantitative estimate of drug-likeness (QED) is 0.698. The molecule has 27 heavy (non-hydrogen) atoms. The van der Waals surface area contributed by atoms with Crippen LogP contribution in [-0.4, -0.2) is 44.9 Å². The van der Waals surface area contributed by atoms with E-state index in [1.165, 1.54) is 18.5 Å². The van der Waals surface area contributed by atoms with E-state index in [1.54, 1.807) is 17.5 Å². The molecule has 140 valence electrons. The zero-order valence-corrected chi connectivity index (χ0v) is 14.5. The molecule has 2 aromatic heterocycles. The van der Waals surface area contributed by atoms with Gasteiger partial charge in [-0.25, -0.2) is 18.3 Å². The molecule has 1 saturated heterocycles. The minimum absolute atomic E-state index is 0.121. The lowest BCUT2D eigenvalue weighted by molar-refractivity contribution is -0.590. The SMILES string of the molecule is Cc1cc([C@@H]2CN(C(=O)c3ccc(F)cc3)CC(F)(F)C2)[n+]2[nH]cnc2n1. The van der Waals surface area contributed by atoms with E-state index in [4.69, 9.17) is 0 Å². The fourth-order valence-electron chi connectivity index (χ4n) is 3.52. The molecule has 0 radical (unpaired) electrons. The van der Waals surface area contributed by atoms with Crippen molar-refractivity contribution in [2.45, 2.75) is 25.2 Å². The fraction of sp³-hybridized carbons (Fsp3) is 0.333. The van der Waals surface area contributed by atoms with E-state index in [0.717, 1.165) is 17.0 Å². The highest BCUT2D eigenvalue weighted by Gasteiger charge is 2.44. The van der Waals surface area contributed by atoms with Gasteiger partial charge in [0.15, 0.2) is 6.33 Å². The van der Waals surface area contributed by atoms with Crippen molar-refractivity contribution in [3.63, 3.8) is 0 Å². The molecule has 0 unspecified atom stereocenters. The molecule has 6 nitrogen and oxygen atoms in total. The molecule has 0 aliphatic carbocycles. The van der Waals surface area contributed by atoms with Crippen molar-refractivity contribution < 1.29 is 22.5 Å². The second-order valence-corrected chi connectivity index (χ2v) is 6.79. The number of amides is 1. The van der Waals surface area contributed by atoms with Crippen LogP contribution in [0.4, 0.5) is 13.2 Å². The summed E-state index contributed by atoms with van der Waals surface area (Å²) in [5, 5.41) is 2.88. The lowest BCUT2D eigenvalue weighted by Gasteiger charge is -2.37. The Hall–Kier alpha value is -2.97. The van der Waals surface area contributed by atoms with Crippen LogP contribution in [-0.2, 0) is 0 Å². The van der Waals surface area contributed by atoms with Gasteiger partial charge in [0.05, 0.1) is 6.54 Å². The van der Waals surface area contributed by atoms with Gasteiger partial charge in [0.2, 0.25) is 0 Å². The summed E-state index contributed by atoms with van der Waals surface area (Å²) < 4.78 is 43.6. The van der Waals surface area contributed by atoms with Crippen LogP contribution in [0.15, 0.2) is 36.7 Å². The number of nitrogens with one attached hydrogen (secondary N) is 1. The van der Waals surface area contributed by atoms with Crippen molar-refractivity contribution >= 4 is 11.7 Å². The van der Waals surface area contributed by atoms with Crippen molar-refractivity contribution in [1.29, 1.82) is 0 Å². The zero-order valence-electron chi connectivity index (χ0n) is 14.5. The smallest absolute Gasteiger partial charge is 0.332 e. The first kappa shape index (κ1) is 17.4. The van der Waals surface area contributed by atoms with E-state index in [0.29, 0.717) is 17.2 Å². The molecule has 1 fully saturated rings. The summed E-state index contributed by atoms with van der Waals surface area (Å²) >= 11 is 0. The van der Waals surface area contributed by atoms with Gasteiger partial charge >= 0.3 is 5.78 Å². The van der Waals surface area contributed by atoms with Crippen molar-refractivity contribution in [1.82, 2.24) is 20.0 Å². The Labute approximate surface area is 152 Å². The van der Waals surface area contributed by atoms with Crippen LogP contribution in [0.5, 0.6) is 0 Å². The summed E-state index contributed by atoms with van der Waals surface area (Å²) in [5.74, 6) is -4.29. The third-order valence-electron chi connectivity index (χ3n) is 4.66. The van der Waals surface area contributed by atoms with Crippen LogP contribution in [0.2, 0.25) is 0 Å². The standard InChI is InChI=1S/C18H16F3N5O/c1-11-6-15(26-17(24-11)22-10-23-26)13-7-18(20,21)9-25(8-13)16(27)12-2-4-14(19)5-3-12/h2-6,10,13H,7-9H2,1H3/p+1/t13-/m0/s1. The van der Waals surface area contributed by atoms with Gasteiger partial charge in [0.25, 0.3) is 11.8 Å². The van der Waals surface area contributed by atoms with E-state index in [1.807, 2.05) is 0 Å². The van der Waals surface area contributed by atoms with Gasteiger partial charge in [-0.1, -0.05) is 9.97 Å². The summed E-state index contributed by atoms with van der Waals surface area (Å²) in [4.78, 5) is 22.1. The number of fused-ring (bicyclic) bond motifs is 1. The normalized spacial score (nSPS) is 19.4. The van der Waals surface area contributed by atoms with Crippen LogP contribution in [0.1, 0.15) is 34.1 Å². The number of piperidine rings is 1. The van der Waals surface area contributed by atoms with Crippen LogP contribution in [0.25, 0.3) is 5.78 Å². The van der Waals surface area contributed by atoms with E-state index in [-0.39, 0.29) is 18.5 Å². The molecule has 0 saturated carbocycles. The van der Waals surface area contributed by atoms with Crippen molar-refractivity contribution in [3.05, 3.63) is 59.4 Å². The molecule has 1 aromatic carbocycles. The molecule has 0 bridgehead atoms. The first-order valence-corrected chi connectivity index (χ1v) is 8.48. The largest absolute Gasteiger partial charge is 0.457 e. The Morgan fingerprint density at radius 3 is 2.81 bits per heavy atom. The molecule has 9 heteroatoms. The van der Waals surface area contributed by atoms with E-state index in [9.17, 15) is 18.0 Å². The van der Waals surface area contributed by atoms with Gasteiger partial charge in [-0.3, -0.25) is 4.79 Å². The number of aromatic nitrogens is 4. The Morgan fingerprint density at radius 1 is 1.33 bits per heavy atom. The van der Waals surface area contributed by atoms with Crippen molar-refractivity contribution in [2.75, 3.05) is 13.1 Å². The lowest BCUT2D eigenvalue weighted by atomic mass is 9.91. The number of aryl methyl sites for hydroxylation is 1. The average molecular weight is 376 g/mol. The number of rotatable bonds is 2. The van der Waals surface area contributed by atoms with Gasteiger partial charge in [0, 0.05) is 30.5 Å². The Balaban J connectivity index is 1.69. The maximum Gasteiger partial charge on any atom is 0.457 e. The minimum Gasteiger partial charge on any atom is -0.332 e. The number of carbonyl (C=O) groups is 1. The summed E-state index contributed by atoms with van der Waals surface area (Å²) in [5.41, 5.74) is 1.42. The third-order valence-corrected chi connectivity index (χ3v) is 4.66. The van der Waals surface area contributed by atoms with Crippen LogP contribution >= 0.6 is 0 Å². The number of aromatic amines is 1. The monoisotopic (exact) mass is 376 g/mol. The van der Waals surface area contributed by atoms with Crippen molar-refractivity contribution in [3.8, 4) is 0 Å². The van der Waals surface area contributed by atoms with Gasteiger partial charge in [-0.2, -0.15) is 0 Å². The molecule has 3 aromatic rings. The first-order valence-electron chi connectivity index (χ1n) is 8.48. The zero-order chi connectivity index (χ0) is 19.2. The van der Waals surface area contributed by atoms with Crippen molar-refractivity contribution in [2.24, 2.45) is 0 Å². The Bertz CT molecular complexity index is 1000. The number of nitrogens with zero attached hydrogens (tertiary/aromatic N) is 4. The second-order valence-electron chi connectivity index (χ2n) is 6.79. The summed E-state index contributed by atoms with van der Waals surface area (Å²) in [7, 11) is 0. The predicted molar refractivity (Wildman–Crippen MR) is 88.9 cm³/mol. The molecular weight excluding hydrogens is 359 g/mol. The fourth-order valence-corrected chi connectivity index (χ4v) is 3.52. The van der Waals surface area contributed by atoms with Crippen LogP contribution in [0.3, 0.4) is 0 Å². The number of alkyl halides is 2. The molecule has 3 heterocycles. The summed E-state index contributed by atoms with van der Waals surface area (Å²) in [6, 6.07) is 6.61. The average Bonchev–Trinajstić information content (AvgIpc) is 3.08. The Morgan fingerprint density at radius 2 is 2.07 bits per heavy atom. The topological polar surface area (TPSA) is 66.0 Å². The van der Waals surface area contributed by atoms with Crippen LogP contribution < -0.4 is 4.52 Å². The molecule has 1 amide bonds. The third kappa shape index (κ3) is 3.36. The maximum atomic E-state index is 14.5. The molecule has 1 N–H and O–H groups in total. The van der Waals surface area contributed by atoms with E-state index in [2.05, 4.69) is 15.1 Å². The van der Waals surface area contributed by atoms with Gasteiger partial charge in [-0.15, -0.1) is 4.52 Å². The second kappa shape index (κ2) is 6.33. The molecule has 4 rings (SSSR count). The molecule has 1 atom stereocenters. The Kier molecular flexibility index (Phi) is 4.09. The summed E-state index contributed by atoms with van der Waals surface area (Å²) in [6.07, 6.45) is 1.05. The number of hydrogen-bond donors (Lipinski definition) is 1. The lowest BCUT2D eigenvalue weighted by Crippen LogP contribution is -2.50. The minimum atomic E-state index is -3.04. The molecule has 1 aliphatic heterocycles. The number of carbonyl (C=O) groups excluding carboxylic acids is 1. The molecule has 0 spiro atoms. The van der Waals surface area contributed by atoms with Gasteiger partial charge < -0.3 is 4.90 Å². The van der Waals surface area contributed by atoms with Gasteiger partial charge in [-0.05, 0) is 31.2 Å². The predicted octanol–water partition coefficient (Wildman–Crippen LogP) is 2.26. The summed E-state index contributed by atoms with van der Waals surface area (Å²) in [6.45, 7) is 1.22. The number of hydrogen-bond acceptors (Lipinski definition) is 3. The first-order chi connectivity index (χ1) is 12.8. The number of benzene rings is 1. The van der Waals surface area contributed by atoms with Gasteiger partial charge in [0.1, 0.15) is 17.2 Å². The van der Waals surface area contributed by atoms with E-state index < -0.39 is 30.1 Å². The highest BCUT2D eigenvalue weighted by atomic mass is 19.3. The van der Waals surface area contributed by atoms with E-state index >= 15 is 0 Å². The number of halogens is 3. The van der Waals surface area contributed by atoms with Crippen LogP contribution in [0, 0.1) is 12.7 Å². The molecular formula is C18H17F3N5O+. The highest BCUT2D eigenvalue weighted by molar-refractivity contribution is 5.94.